The Morgan fingerprint density at radius 1 is 1.06 bits per heavy atom. The van der Waals surface area contributed by atoms with Gasteiger partial charge in [0.2, 0.25) is 0 Å². The van der Waals surface area contributed by atoms with Gasteiger partial charge in [-0.3, -0.25) is 0 Å². The van der Waals surface area contributed by atoms with Crippen LogP contribution < -0.4 is 5.73 Å². The van der Waals surface area contributed by atoms with E-state index in [1.807, 2.05) is 35.1 Å². The second kappa shape index (κ2) is 6.69. The van der Waals surface area contributed by atoms with Gasteiger partial charge < -0.3 is 20.6 Å². The van der Waals surface area contributed by atoms with E-state index in [1.54, 1.807) is 0 Å². The van der Waals surface area contributed by atoms with E-state index in [9.17, 15) is 5.11 Å². The third-order valence-electron chi connectivity index (χ3n) is 3.86. The molecule has 0 aliphatic carbocycles. The normalized spacial score (nSPS) is 21.4. The molecule has 0 fully saturated rings. The molecule has 0 rings (SSSR count). The highest BCUT2D eigenvalue weighted by Crippen LogP contribution is 2.24. The predicted octanol–water partition coefficient (Wildman–Crippen LogP) is 0.745. The van der Waals surface area contributed by atoms with Crippen molar-refractivity contribution in [3.63, 3.8) is 0 Å². The molecule has 0 aliphatic heterocycles. The first-order valence-electron chi connectivity index (χ1n) is 6.50. The molecule has 4 atom stereocenters. The highest BCUT2D eigenvalue weighted by molar-refractivity contribution is 5.00. The molecule has 0 radical (unpaired) electrons. The lowest BCUT2D eigenvalue weighted by Crippen LogP contribution is -2.64. The average molecular weight is 245 g/mol. The Hall–Kier alpha value is -0.160. The van der Waals surface area contributed by atoms with Gasteiger partial charge in [0, 0.05) is 12.1 Å². The number of likely N-dealkylation sites (N-methyl/N-ethyl adjacent to an activating group) is 2. The molecular formula is C13H31N3O. The van der Waals surface area contributed by atoms with Crippen LogP contribution in [0.2, 0.25) is 0 Å². The van der Waals surface area contributed by atoms with Gasteiger partial charge in [0.1, 0.15) is 0 Å². The summed E-state index contributed by atoms with van der Waals surface area (Å²) in [6.45, 7) is 6.05. The molecule has 104 valence electrons. The lowest BCUT2D eigenvalue weighted by atomic mass is 9.81. The summed E-state index contributed by atoms with van der Waals surface area (Å²) in [5.41, 5.74) is 5.42. The van der Waals surface area contributed by atoms with E-state index in [0.717, 1.165) is 12.8 Å². The molecule has 0 bridgehead atoms. The molecule has 0 saturated heterocycles. The molecule has 0 aromatic heterocycles. The Balaban J connectivity index is 5.00. The average Bonchev–Trinajstić information content (AvgIpc) is 2.17. The van der Waals surface area contributed by atoms with Crippen molar-refractivity contribution in [2.24, 2.45) is 5.73 Å². The highest BCUT2D eigenvalue weighted by Gasteiger charge is 2.41. The summed E-state index contributed by atoms with van der Waals surface area (Å²) < 4.78 is 0. The number of nitrogens with zero attached hydrogens (tertiary/aromatic N) is 2. The van der Waals surface area contributed by atoms with Crippen LogP contribution in [-0.4, -0.2) is 66.8 Å². The summed E-state index contributed by atoms with van der Waals surface area (Å²) in [6, 6.07) is 0.0142. The molecule has 3 N–H and O–H groups in total. The maximum atomic E-state index is 10.8. The van der Waals surface area contributed by atoms with Crippen LogP contribution in [0.3, 0.4) is 0 Å². The van der Waals surface area contributed by atoms with Crippen molar-refractivity contribution in [3.05, 3.63) is 0 Å². The Morgan fingerprint density at radius 2 is 1.53 bits per heavy atom. The molecule has 0 aromatic carbocycles. The molecule has 17 heavy (non-hydrogen) atoms. The molecule has 4 heteroatoms. The zero-order valence-corrected chi connectivity index (χ0v) is 12.6. The van der Waals surface area contributed by atoms with Crippen molar-refractivity contribution in [1.29, 1.82) is 0 Å². The van der Waals surface area contributed by atoms with E-state index in [-0.39, 0.29) is 18.1 Å². The van der Waals surface area contributed by atoms with E-state index < -0.39 is 5.60 Å². The van der Waals surface area contributed by atoms with Crippen LogP contribution in [0, 0.1) is 0 Å². The van der Waals surface area contributed by atoms with Crippen LogP contribution in [0.5, 0.6) is 0 Å². The summed E-state index contributed by atoms with van der Waals surface area (Å²) in [7, 11) is 8.01. The fourth-order valence-electron chi connectivity index (χ4n) is 2.85. The summed E-state index contributed by atoms with van der Waals surface area (Å²) in [5.74, 6) is 0. The molecule has 0 saturated carbocycles. The fourth-order valence-corrected chi connectivity index (χ4v) is 2.85. The fraction of sp³-hybridized carbons (Fsp3) is 1.00. The summed E-state index contributed by atoms with van der Waals surface area (Å²) in [5, 5.41) is 10.8. The van der Waals surface area contributed by atoms with Crippen LogP contribution in [0.25, 0.3) is 0 Å². The summed E-state index contributed by atoms with van der Waals surface area (Å²) in [6.07, 6.45) is 1.83. The van der Waals surface area contributed by atoms with Gasteiger partial charge in [-0.15, -0.1) is 0 Å². The quantitative estimate of drug-likeness (QED) is 0.695. The lowest BCUT2D eigenvalue weighted by molar-refractivity contribution is -0.0573. The van der Waals surface area contributed by atoms with Crippen LogP contribution in [0.15, 0.2) is 0 Å². The highest BCUT2D eigenvalue weighted by atomic mass is 16.3. The first-order chi connectivity index (χ1) is 7.69. The largest absolute Gasteiger partial charge is 0.387 e. The Labute approximate surface area is 107 Å². The smallest absolute Gasteiger partial charge is 0.0939 e. The molecule has 0 heterocycles. The first kappa shape index (κ1) is 16.8. The van der Waals surface area contributed by atoms with Gasteiger partial charge in [0.25, 0.3) is 0 Å². The van der Waals surface area contributed by atoms with E-state index >= 15 is 0 Å². The zero-order valence-electron chi connectivity index (χ0n) is 12.6. The number of aliphatic hydroxyl groups is 1. The van der Waals surface area contributed by atoms with Crippen molar-refractivity contribution in [2.45, 2.75) is 57.3 Å². The molecule has 0 aliphatic rings. The topological polar surface area (TPSA) is 52.7 Å². The van der Waals surface area contributed by atoms with E-state index in [2.05, 4.69) is 23.6 Å². The summed E-state index contributed by atoms with van der Waals surface area (Å²) >= 11 is 0. The van der Waals surface area contributed by atoms with Crippen molar-refractivity contribution in [2.75, 3.05) is 28.2 Å². The Bertz CT molecular complexity index is 217. The van der Waals surface area contributed by atoms with Gasteiger partial charge in [-0.25, -0.2) is 0 Å². The maximum Gasteiger partial charge on any atom is 0.0939 e. The number of nitrogens with two attached hydrogens (primary N) is 1. The molecular weight excluding hydrogens is 214 g/mol. The van der Waals surface area contributed by atoms with Gasteiger partial charge in [-0.2, -0.15) is 0 Å². The molecule has 4 nitrogen and oxygen atoms in total. The second-order valence-electron chi connectivity index (χ2n) is 5.58. The standard InChI is InChI=1S/C13H31N3O/c1-8-10(15(4)5)12(14)13(3,17)11(9-2)16(6)7/h10-12,17H,8-9,14H2,1-7H3. The van der Waals surface area contributed by atoms with Crippen LogP contribution in [0.4, 0.5) is 0 Å². The zero-order chi connectivity index (χ0) is 13.8. The summed E-state index contributed by atoms with van der Waals surface area (Å²) in [4.78, 5) is 4.16. The van der Waals surface area contributed by atoms with Gasteiger partial charge in [-0.1, -0.05) is 13.8 Å². The minimum absolute atomic E-state index is 0.0755. The van der Waals surface area contributed by atoms with Gasteiger partial charge in [0.15, 0.2) is 0 Å². The molecule has 0 amide bonds. The molecule has 0 spiro atoms. The van der Waals surface area contributed by atoms with Crippen LogP contribution in [0.1, 0.15) is 33.6 Å². The van der Waals surface area contributed by atoms with Gasteiger partial charge in [0.05, 0.1) is 11.6 Å². The van der Waals surface area contributed by atoms with Crippen molar-refractivity contribution in [3.8, 4) is 0 Å². The van der Waals surface area contributed by atoms with E-state index in [1.165, 1.54) is 0 Å². The first-order valence-corrected chi connectivity index (χ1v) is 6.50. The molecule has 0 aromatic rings. The van der Waals surface area contributed by atoms with E-state index in [0.29, 0.717) is 0 Å². The van der Waals surface area contributed by atoms with E-state index in [4.69, 9.17) is 5.73 Å². The van der Waals surface area contributed by atoms with Gasteiger partial charge >= 0.3 is 0 Å². The monoisotopic (exact) mass is 245 g/mol. The third-order valence-corrected chi connectivity index (χ3v) is 3.86. The predicted molar refractivity (Wildman–Crippen MR) is 74.1 cm³/mol. The second-order valence-corrected chi connectivity index (χ2v) is 5.58. The van der Waals surface area contributed by atoms with Crippen molar-refractivity contribution in [1.82, 2.24) is 9.80 Å². The lowest BCUT2D eigenvalue weighted by Gasteiger charge is -2.45. The number of rotatable bonds is 7. The minimum atomic E-state index is -0.886. The Kier molecular flexibility index (Phi) is 6.62. The van der Waals surface area contributed by atoms with Crippen molar-refractivity contribution < 1.29 is 5.11 Å². The van der Waals surface area contributed by atoms with Crippen LogP contribution in [-0.2, 0) is 0 Å². The van der Waals surface area contributed by atoms with Crippen molar-refractivity contribution >= 4 is 0 Å². The van der Waals surface area contributed by atoms with Gasteiger partial charge in [-0.05, 0) is 48.0 Å². The Morgan fingerprint density at radius 3 is 1.76 bits per heavy atom. The molecule has 4 unspecified atom stereocenters. The SMILES string of the molecule is CCC(C(N)C(C)(O)C(CC)N(C)C)N(C)C. The third kappa shape index (κ3) is 3.91. The minimum Gasteiger partial charge on any atom is -0.387 e. The maximum absolute atomic E-state index is 10.8. The number of hydrogen-bond donors (Lipinski definition) is 2. The number of hydrogen-bond acceptors (Lipinski definition) is 4. The van der Waals surface area contributed by atoms with Crippen LogP contribution >= 0.6 is 0 Å².